The molecule has 1 saturated heterocycles. The molecule has 0 aliphatic carbocycles. The summed E-state index contributed by atoms with van der Waals surface area (Å²) in [7, 11) is 0. The number of piperidine rings is 1. The van der Waals surface area contributed by atoms with Crippen molar-refractivity contribution >= 4 is 23.4 Å². The van der Waals surface area contributed by atoms with Crippen molar-refractivity contribution in [3.8, 4) is 0 Å². The molecule has 3 heterocycles. The molecule has 0 radical (unpaired) electrons. The number of aromatic carboxylic acids is 1. The lowest BCUT2D eigenvalue weighted by Gasteiger charge is -2.32. The fraction of sp³-hybridized carbons (Fsp3) is 0.444. The van der Waals surface area contributed by atoms with Crippen molar-refractivity contribution in [2.45, 2.75) is 33.2 Å². The molecule has 1 aliphatic rings. The van der Waals surface area contributed by atoms with Gasteiger partial charge in [0.05, 0.1) is 11.6 Å². The van der Waals surface area contributed by atoms with Crippen LogP contribution >= 0.6 is 0 Å². The van der Waals surface area contributed by atoms with Crippen LogP contribution in [0.25, 0.3) is 0 Å². The van der Waals surface area contributed by atoms with Crippen LogP contribution in [0.2, 0.25) is 0 Å². The number of hydrogen-bond donors (Lipinski definition) is 2. The number of carbonyl (C=O) groups is 2. The van der Waals surface area contributed by atoms with E-state index in [1.165, 1.54) is 4.68 Å². The zero-order chi connectivity index (χ0) is 18.7. The standard InChI is InChI=1S/C18H23N5O3/c1-3-23-11-14(16(21-23)18(25)26)20-17(24)13-5-4-8-22(10-13)15-7-6-12(2)9-19-15/h6-7,9,11,13H,3-5,8,10H2,1-2H3,(H,20,24)(H,25,26). The van der Waals surface area contributed by atoms with Crippen molar-refractivity contribution in [1.29, 1.82) is 0 Å². The van der Waals surface area contributed by atoms with Gasteiger partial charge < -0.3 is 15.3 Å². The largest absolute Gasteiger partial charge is 0.476 e. The van der Waals surface area contributed by atoms with Crippen molar-refractivity contribution < 1.29 is 14.7 Å². The van der Waals surface area contributed by atoms with E-state index in [4.69, 9.17) is 0 Å². The molecule has 3 rings (SSSR count). The average Bonchev–Trinajstić information content (AvgIpc) is 3.05. The summed E-state index contributed by atoms with van der Waals surface area (Å²) in [4.78, 5) is 30.5. The summed E-state index contributed by atoms with van der Waals surface area (Å²) in [6, 6.07) is 3.97. The van der Waals surface area contributed by atoms with E-state index in [1.54, 1.807) is 6.20 Å². The summed E-state index contributed by atoms with van der Waals surface area (Å²) in [5, 5.41) is 16.0. The smallest absolute Gasteiger partial charge is 0.358 e. The number of carbonyl (C=O) groups excluding carboxylic acids is 1. The Hall–Kier alpha value is -2.90. The first-order valence-electron chi connectivity index (χ1n) is 8.77. The third-order valence-corrected chi connectivity index (χ3v) is 4.56. The minimum atomic E-state index is -1.15. The van der Waals surface area contributed by atoms with Gasteiger partial charge in [0, 0.05) is 32.0 Å². The zero-order valence-electron chi connectivity index (χ0n) is 15.0. The molecule has 138 valence electrons. The van der Waals surface area contributed by atoms with E-state index in [2.05, 4.69) is 20.3 Å². The summed E-state index contributed by atoms with van der Waals surface area (Å²) in [6.45, 7) is 5.80. The molecule has 0 saturated carbocycles. The molecule has 8 nitrogen and oxygen atoms in total. The van der Waals surface area contributed by atoms with E-state index < -0.39 is 5.97 Å². The second-order valence-electron chi connectivity index (χ2n) is 6.52. The van der Waals surface area contributed by atoms with Gasteiger partial charge in [-0.1, -0.05) is 6.07 Å². The van der Waals surface area contributed by atoms with Gasteiger partial charge in [-0.15, -0.1) is 0 Å². The van der Waals surface area contributed by atoms with Crippen molar-refractivity contribution in [3.05, 3.63) is 35.8 Å². The van der Waals surface area contributed by atoms with E-state index in [0.29, 0.717) is 13.1 Å². The minimum Gasteiger partial charge on any atom is -0.476 e. The fourth-order valence-corrected chi connectivity index (χ4v) is 3.11. The molecule has 1 atom stereocenters. The van der Waals surface area contributed by atoms with Gasteiger partial charge in [-0.2, -0.15) is 5.10 Å². The van der Waals surface area contributed by atoms with Gasteiger partial charge in [-0.25, -0.2) is 9.78 Å². The molecule has 2 N–H and O–H groups in total. The quantitative estimate of drug-likeness (QED) is 0.850. The first kappa shape index (κ1) is 17.9. The fourth-order valence-electron chi connectivity index (χ4n) is 3.11. The maximum Gasteiger partial charge on any atom is 0.358 e. The van der Waals surface area contributed by atoms with Crippen molar-refractivity contribution in [3.63, 3.8) is 0 Å². The highest BCUT2D eigenvalue weighted by atomic mass is 16.4. The zero-order valence-corrected chi connectivity index (χ0v) is 15.0. The van der Waals surface area contributed by atoms with Gasteiger partial charge in [0.25, 0.3) is 0 Å². The Morgan fingerprint density at radius 2 is 2.19 bits per heavy atom. The van der Waals surface area contributed by atoms with Gasteiger partial charge in [0.1, 0.15) is 5.82 Å². The van der Waals surface area contributed by atoms with Crippen LogP contribution < -0.4 is 10.2 Å². The molecule has 1 amide bonds. The number of carboxylic acid groups (broad SMARTS) is 1. The molecule has 0 bridgehead atoms. The summed E-state index contributed by atoms with van der Waals surface area (Å²) in [5.41, 5.74) is 1.21. The lowest BCUT2D eigenvalue weighted by molar-refractivity contribution is -0.120. The van der Waals surface area contributed by atoms with E-state index in [0.717, 1.165) is 30.8 Å². The van der Waals surface area contributed by atoms with Gasteiger partial charge in [0.2, 0.25) is 5.91 Å². The number of aromatic nitrogens is 3. The highest BCUT2D eigenvalue weighted by Crippen LogP contribution is 2.24. The van der Waals surface area contributed by atoms with Crippen LogP contribution in [0.4, 0.5) is 11.5 Å². The number of anilines is 2. The van der Waals surface area contributed by atoms with E-state index >= 15 is 0 Å². The molecule has 0 spiro atoms. The van der Waals surface area contributed by atoms with Gasteiger partial charge in [-0.3, -0.25) is 9.48 Å². The van der Waals surface area contributed by atoms with Crippen LogP contribution in [0.1, 0.15) is 35.8 Å². The average molecular weight is 357 g/mol. The van der Waals surface area contributed by atoms with Gasteiger partial charge in [-0.05, 0) is 38.3 Å². The first-order valence-corrected chi connectivity index (χ1v) is 8.77. The Labute approximate surface area is 151 Å². The minimum absolute atomic E-state index is 0.131. The molecule has 1 fully saturated rings. The lowest BCUT2D eigenvalue weighted by Crippen LogP contribution is -2.41. The molecule has 26 heavy (non-hydrogen) atoms. The Morgan fingerprint density at radius 1 is 1.38 bits per heavy atom. The number of nitrogens with one attached hydrogen (secondary N) is 1. The van der Waals surface area contributed by atoms with Crippen LogP contribution in [0.5, 0.6) is 0 Å². The first-order chi connectivity index (χ1) is 12.5. The molecule has 1 unspecified atom stereocenters. The predicted octanol–water partition coefficient (Wildman–Crippen LogP) is 2.16. The number of carboxylic acids is 1. The van der Waals surface area contributed by atoms with Crippen LogP contribution in [-0.2, 0) is 11.3 Å². The number of hydrogen-bond acceptors (Lipinski definition) is 5. The molecule has 1 aliphatic heterocycles. The molecule has 8 heteroatoms. The monoisotopic (exact) mass is 357 g/mol. The van der Waals surface area contributed by atoms with Crippen molar-refractivity contribution in [1.82, 2.24) is 14.8 Å². The molecular formula is C18H23N5O3. The maximum atomic E-state index is 12.7. The number of aryl methyl sites for hydroxylation is 2. The second-order valence-corrected chi connectivity index (χ2v) is 6.52. The van der Waals surface area contributed by atoms with E-state index in [1.807, 2.05) is 32.2 Å². The molecule has 2 aromatic rings. The van der Waals surface area contributed by atoms with Crippen LogP contribution in [0, 0.1) is 12.8 Å². The summed E-state index contributed by atoms with van der Waals surface area (Å²) in [5.74, 6) is -0.696. The Bertz CT molecular complexity index is 800. The number of amides is 1. The van der Waals surface area contributed by atoms with E-state index in [-0.39, 0.29) is 23.2 Å². The number of pyridine rings is 1. The third kappa shape index (κ3) is 3.84. The molecular weight excluding hydrogens is 334 g/mol. The summed E-state index contributed by atoms with van der Waals surface area (Å²) < 4.78 is 1.50. The summed E-state index contributed by atoms with van der Waals surface area (Å²) >= 11 is 0. The van der Waals surface area contributed by atoms with Crippen molar-refractivity contribution in [2.75, 3.05) is 23.3 Å². The van der Waals surface area contributed by atoms with Crippen LogP contribution in [0.3, 0.4) is 0 Å². The summed E-state index contributed by atoms with van der Waals surface area (Å²) in [6.07, 6.45) is 5.02. The topological polar surface area (TPSA) is 100 Å². The van der Waals surface area contributed by atoms with Crippen LogP contribution in [0.15, 0.2) is 24.5 Å². The molecule has 0 aromatic carbocycles. The van der Waals surface area contributed by atoms with E-state index in [9.17, 15) is 14.7 Å². The van der Waals surface area contributed by atoms with Crippen LogP contribution in [-0.4, -0.2) is 44.8 Å². The highest BCUT2D eigenvalue weighted by Gasteiger charge is 2.28. The SMILES string of the molecule is CCn1cc(NC(=O)C2CCCN(c3ccc(C)cn3)C2)c(C(=O)O)n1. The predicted molar refractivity (Wildman–Crippen MR) is 97.4 cm³/mol. The van der Waals surface area contributed by atoms with Crippen molar-refractivity contribution in [2.24, 2.45) is 5.92 Å². The number of nitrogens with zero attached hydrogens (tertiary/aromatic N) is 4. The lowest BCUT2D eigenvalue weighted by atomic mass is 9.97. The Balaban J connectivity index is 1.71. The Kier molecular flexibility index (Phi) is 5.20. The third-order valence-electron chi connectivity index (χ3n) is 4.56. The molecule has 2 aromatic heterocycles. The Morgan fingerprint density at radius 3 is 2.85 bits per heavy atom. The maximum absolute atomic E-state index is 12.7. The van der Waals surface area contributed by atoms with Gasteiger partial charge in [0.15, 0.2) is 5.69 Å². The second kappa shape index (κ2) is 7.55. The normalized spacial score (nSPS) is 17.2. The van der Waals surface area contributed by atoms with Gasteiger partial charge >= 0.3 is 5.97 Å². The highest BCUT2D eigenvalue weighted by molar-refractivity contribution is 6.00. The number of rotatable bonds is 5.